The Morgan fingerprint density at radius 3 is 2.64 bits per heavy atom. The van der Waals surface area contributed by atoms with Crippen LogP contribution in [0, 0.1) is 0 Å². The number of rotatable bonds is 7. The Balaban J connectivity index is 0.00000112. The Labute approximate surface area is 222 Å². The Bertz CT molecular complexity index is 1430. The monoisotopic (exact) mass is 546 g/mol. The molecule has 0 saturated carbocycles. The number of carbonyl (C=O) groups is 1. The zero-order chi connectivity index (χ0) is 28.2. The van der Waals surface area contributed by atoms with Gasteiger partial charge in [0.2, 0.25) is 0 Å². The predicted molar refractivity (Wildman–Crippen MR) is 137 cm³/mol. The Hall–Kier alpha value is -3.81. The van der Waals surface area contributed by atoms with Crippen LogP contribution in [0.25, 0.3) is 28.1 Å². The van der Waals surface area contributed by atoms with E-state index in [9.17, 15) is 13.2 Å². The molecule has 4 heterocycles. The SMILES string of the molecule is COC(C)COc1cc(-c2nnc3ccc([C@@H](N4CCC(N)C4)C(F)(F)F)cn23)nc2ccccc12.O=CO. The molecule has 0 radical (unpaired) electrons. The molecule has 2 unspecified atom stereocenters. The first-order chi connectivity index (χ1) is 18.7. The summed E-state index contributed by atoms with van der Waals surface area (Å²) < 4.78 is 55.4. The van der Waals surface area contributed by atoms with Crippen LogP contribution in [0.2, 0.25) is 0 Å². The molecule has 1 aliphatic rings. The zero-order valence-electron chi connectivity index (χ0n) is 21.4. The first kappa shape index (κ1) is 28.2. The van der Waals surface area contributed by atoms with Gasteiger partial charge in [0.15, 0.2) is 11.5 Å². The number of pyridine rings is 2. The van der Waals surface area contributed by atoms with Gasteiger partial charge >= 0.3 is 6.18 Å². The standard InChI is InChI=1S/C25H27F3N6O2.CH2O2/c1-15(35-2)14-36-21-11-20(30-19-6-4-3-5-18(19)21)24-32-31-22-8-7-16(12-34(22)24)23(25(26,27)28)33-10-9-17(29)13-33;2-1-3/h3-8,11-12,15,17,23H,9-10,13-14,29H2,1-2H3;1H,(H,2,3)/t15?,17?,23-;/m1./s1. The van der Waals surface area contributed by atoms with E-state index in [-0.39, 0.29) is 37.3 Å². The number of methoxy groups -OCH3 is 1. The number of fused-ring (bicyclic) bond motifs is 2. The highest BCUT2D eigenvalue weighted by Crippen LogP contribution is 2.39. The Morgan fingerprint density at radius 1 is 1.23 bits per heavy atom. The van der Waals surface area contributed by atoms with Gasteiger partial charge in [-0.15, -0.1) is 10.2 Å². The minimum atomic E-state index is -4.47. The highest BCUT2D eigenvalue weighted by Gasteiger charge is 2.46. The van der Waals surface area contributed by atoms with E-state index >= 15 is 0 Å². The van der Waals surface area contributed by atoms with Crippen LogP contribution in [0.1, 0.15) is 24.9 Å². The van der Waals surface area contributed by atoms with Crippen LogP contribution in [-0.4, -0.2) is 81.2 Å². The van der Waals surface area contributed by atoms with Crippen molar-refractivity contribution in [1.29, 1.82) is 0 Å². The molecule has 208 valence electrons. The number of hydrogen-bond donors (Lipinski definition) is 2. The van der Waals surface area contributed by atoms with E-state index < -0.39 is 12.2 Å². The number of likely N-dealkylation sites (tertiary alicyclic amines) is 1. The molecule has 0 aliphatic carbocycles. The number of halogens is 3. The van der Waals surface area contributed by atoms with E-state index in [2.05, 4.69) is 10.2 Å². The third-order valence-electron chi connectivity index (χ3n) is 6.46. The van der Waals surface area contributed by atoms with Crippen molar-refractivity contribution < 1.29 is 32.5 Å². The molecule has 3 aromatic heterocycles. The normalized spacial score (nSPS) is 17.5. The van der Waals surface area contributed by atoms with Crippen molar-refractivity contribution in [2.24, 2.45) is 5.73 Å². The summed E-state index contributed by atoms with van der Waals surface area (Å²) in [6.07, 6.45) is -2.63. The van der Waals surface area contributed by atoms with Crippen molar-refractivity contribution in [2.45, 2.75) is 37.7 Å². The number of nitrogens with zero attached hydrogens (tertiary/aromatic N) is 5. The van der Waals surface area contributed by atoms with Gasteiger partial charge in [-0.1, -0.05) is 18.2 Å². The van der Waals surface area contributed by atoms with Crippen molar-refractivity contribution in [3.63, 3.8) is 0 Å². The molecule has 1 fully saturated rings. The number of ether oxygens (including phenoxy) is 2. The molecule has 39 heavy (non-hydrogen) atoms. The van der Waals surface area contributed by atoms with Crippen LogP contribution in [0.4, 0.5) is 13.2 Å². The van der Waals surface area contributed by atoms with Gasteiger partial charge in [0.25, 0.3) is 6.47 Å². The number of carboxylic acid groups (broad SMARTS) is 1. The topological polar surface area (TPSA) is 128 Å². The van der Waals surface area contributed by atoms with Gasteiger partial charge in [-0.3, -0.25) is 14.1 Å². The number of benzene rings is 1. The molecule has 0 bridgehead atoms. The molecule has 3 atom stereocenters. The van der Waals surface area contributed by atoms with Crippen molar-refractivity contribution in [1.82, 2.24) is 24.5 Å². The van der Waals surface area contributed by atoms with Gasteiger partial charge < -0.3 is 20.3 Å². The van der Waals surface area contributed by atoms with Crippen LogP contribution in [-0.2, 0) is 9.53 Å². The van der Waals surface area contributed by atoms with Crippen molar-refractivity contribution in [3.05, 3.63) is 54.2 Å². The summed E-state index contributed by atoms with van der Waals surface area (Å²) in [5, 5.41) is 16.1. The molecule has 10 nitrogen and oxygen atoms in total. The maximum absolute atomic E-state index is 14.2. The molecule has 5 rings (SSSR count). The fourth-order valence-electron chi connectivity index (χ4n) is 4.55. The summed E-state index contributed by atoms with van der Waals surface area (Å²) in [4.78, 5) is 14.4. The molecular formula is C26H29F3N6O4. The van der Waals surface area contributed by atoms with Crippen LogP contribution in [0.3, 0.4) is 0 Å². The highest BCUT2D eigenvalue weighted by molar-refractivity contribution is 5.87. The number of alkyl halides is 3. The minimum absolute atomic E-state index is 0.0938. The second-order valence-corrected chi connectivity index (χ2v) is 9.19. The lowest BCUT2D eigenvalue weighted by molar-refractivity contribution is -0.183. The third kappa shape index (κ3) is 6.27. The predicted octanol–water partition coefficient (Wildman–Crippen LogP) is 3.70. The Morgan fingerprint density at radius 2 is 1.97 bits per heavy atom. The molecule has 0 spiro atoms. The Kier molecular flexibility index (Phi) is 8.63. The van der Waals surface area contributed by atoms with Crippen LogP contribution < -0.4 is 10.5 Å². The quantitative estimate of drug-likeness (QED) is 0.334. The van der Waals surface area contributed by atoms with Gasteiger partial charge in [0.05, 0.1) is 11.6 Å². The minimum Gasteiger partial charge on any atom is -0.490 e. The van der Waals surface area contributed by atoms with E-state index in [1.807, 2.05) is 31.2 Å². The molecule has 13 heteroatoms. The maximum Gasteiger partial charge on any atom is 0.408 e. The molecule has 1 saturated heterocycles. The van der Waals surface area contributed by atoms with Gasteiger partial charge in [0, 0.05) is 43.9 Å². The first-order valence-corrected chi connectivity index (χ1v) is 12.2. The number of hydrogen-bond acceptors (Lipinski definition) is 8. The number of para-hydroxylation sites is 1. The van der Waals surface area contributed by atoms with E-state index in [1.54, 1.807) is 23.6 Å². The third-order valence-corrected chi connectivity index (χ3v) is 6.46. The average molecular weight is 547 g/mol. The second-order valence-electron chi connectivity index (χ2n) is 9.19. The van der Waals surface area contributed by atoms with Crippen LogP contribution in [0.5, 0.6) is 5.75 Å². The lowest BCUT2D eigenvalue weighted by Crippen LogP contribution is -2.38. The summed E-state index contributed by atoms with van der Waals surface area (Å²) in [7, 11) is 1.61. The van der Waals surface area contributed by atoms with Gasteiger partial charge in [-0.25, -0.2) is 4.98 Å². The largest absolute Gasteiger partial charge is 0.490 e. The van der Waals surface area contributed by atoms with E-state index in [1.165, 1.54) is 17.2 Å². The van der Waals surface area contributed by atoms with Crippen molar-refractivity contribution >= 4 is 23.0 Å². The fourth-order valence-corrected chi connectivity index (χ4v) is 4.55. The molecule has 1 aromatic carbocycles. The highest BCUT2D eigenvalue weighted by atomic mass is 19.4. The van der Waals surface area contributed by atoms with Crippen LogP contribution in [0.15, 0.2) is 48.7 Å². The smallest absolute Gasteiger partial charge is 0.408 e. The zero-order valence-corrected chi connectivity index (χ0v) is 21.4. The van der Waals surface area contributed by atoms with Crippen molar-refractivity contribution in [2.75, 3.05) is 26.8 Å². The van der Waals surface area contributed by atoms with E-state index in [0.29, 0.717) is 41.5 Å². The summed E-state index contributed by atoms with van der Waals surface area (Å²) in [5.41, 5.74) is 7.52. The number of nitrogens with two attached hydrogens (primary N) is 1. The maximum atomic E-state index is 14.2. The second kappa shape index (κ2) is 11.9. The molecule has 3 N–H and O–H groups in total. The lowest BCUT2D eigenvalue weighted by Gasteiger charge is -2.30. The van der Waals surface area contributed by atoms with Gasteiger partial charge in [-0.2, -0.15) is 13.2 Å². The molecule has 4 aromatic rings. The molecule has 0 amide bonds. The average Bonchev–Trinajstić information content (AvgIpc) is 3.52. The summed E-state index contributed by atoms with van der Waals surface area (Å²) in [6, 6.07) is 10.2. The fraction of sp³-hybridized carbons (Fsp3) is 0.385. The summed E-state index contributed by atoms with van der Waals surface area (Å²) >= 11 is 0. The van der Waals surface area contributed by atoms with Gasteiger partial charge in [-0.05, 0) is 37.1 Å². The van der Waals surface area contributed by atoms with E-state index in [4.69, 9.17) is 30.1 Å². The summed E-state index contributed by atoms with van der Waals surface area (Å²) in [6.45, 7) is 2.43. The molecule has 1 aliphatic heterocycles. The lowest BCUT2D eigenvalue weighted by atomic mass is 10.1. The molecular weight excluding hydrogens is 517 g/mol. The number of aromatic nitrogens is 4. The van der Waals surface area contributed by atoms with Crippen molar-refractivity contribution in [3.8, 4) is 17.3 Å². The van der Waals surface area contributed by atoms with Crippen LogP contribution >= 0.6 is 0 Å². The summed E-state index contributed by atoms with van der Waals surface area (Å²) in [5.74, 6) is 0.896. The first-order valence-electron chi connectivity index (χ1n) is 12.2. The van der Waals surface area contributed by atoms with Gasteiger partial charge in [0.1, 0.15) is 24.1 Å². The van der Waals surface area contributed by atoms with E-state index in [0.717, 1.165) is 5.39 Å².